The Morgan fingerprint density at radius 1 is 1.16 bits per heavy atom. The molecule has 9 heteroatoms. The number of rotatable bonds is 5. The number of carbonyl (C=O) groups is 1. The number of anilines is 1. The van der Waals surface area contributed by atoms with Crippen molar-refractivity contribution in [1.82, 2.24) is 19.5 Å². The van der Waals surface area contributed by atoms with E-state index in [0.29, 0.717) is 30.7 Å². The van der Waals surface area contributed by atoms with Crippen LogP contribution in [0.1, 0.15) is 42.1 Å². The van der Waals surface area contributed by atoms with Crippen molar-refractivity contribution in [2.75, 3.05) is 31.2 Å². The lowest BCUT2D eigenvalue weighted by molar-refractivity contribution is 0.0978. The molecular formula is C22H26N6O3. The predicted octanol–water partition coefficient (Wildman–Crippen LogP) is 2.32. The van der Waals surface area contributed by atoms with E-state index in [4.69, 9.17) is 15.2 Å². The maximum Gasteiger partial charge on any atom is 0.254 e. The molecular weight excluding hydrogens is 396 g/mol. The van der Waals surface area contributed by atoms with E-state index in [2.05, 4.69) is 24.4 Å². The standard InChI is InChI=1S/C22H26N6O3/c23-21(29)18-11-15-13-25-20(27-7-9-30-10-8-27)12-19(15)26-22(18)31-17-3-1-16(2-4-17)28-6-5-24-14-28/h5-6,11-14,16-17H,1-4,7-10H2,(H2,23,29). The molecule has 3 aromatic rings. The van der Waals surface area contributed by atoms with Gasteiger partial charge >= 0.3 is 0 Å². The first-order valence-electron chi connectivity index (χ1n) is 10.7. The summed E-state index contributed by atoms with van der Waals surface area (Å²) in [6.07, 6.45) is 11.2. The predicted molar refractivity (Wildman–Crippen MR) is 115 cm³/mol. The minimum absolute atomic E-state index is 0.00312. The number of ether oxygens (including phenoxy) is 2. The Balaban J connectivity index is 1.37. The van der Waals surface area contributed by atoms with Gasteiger partial charge in [0.25, 0.3) is 5.91 Å². The van der Waals surface area contributed by atoms with Crippen molar-refractivity contribution in [3.63, 3.8) is 0 Å². The highest BCUT2D eigenvalue weighted by molar-refractivity contribution is 5.99. The SMILES string of the molecule is NC(=O)c1cc2cnc(N3CCOCC3)cc2nc1OC1CCC(n2ccnc2)CC1. The molecule has 0 atom stereocenters. The second kappa shape index (κ2) is 8.50. The number of hydrogen-bond acceptors (Lipinski definition) is 7. The van der Waals surface area contributed by atoms with E-state index in [1.807, 2.05) is 18.6 Å². The fourth-order valence-corrected chi connectivity index (χ4v) is 4.38. The van der Waals surface area contributed by atoms with E-state index in [1.165, 1.54) is 0 Å². The zero-order valence-electron chi connectivity index (χ0n) is 17.3. The minimum atomic E-state index is -0.547. The van der Waals surface area contributed by atoms with Crippen LogP contribution in [0, 0.1) is 0 Å². The summed E-state index contributed by atoms with van der Waals surface area (Å²) in [5.74, 6) is 0.612. The maximum absolute atomic E-state index is 12.1. The molecule has 4 heterocycles. The highest BCUT2D eigenvalue weighted by Gasteiger charge is 2.25. The quantitative estimate of drug-likeness (QED) is 0.672. The van der Waals surface area contributed by atoms with Crippen LogP contribution in [0.25, 0.3) is 10.9 Å². The third-order valence-corrected chi connectivity index (χ3v) is 6.12. The average Bonchev–Trinajstić information content (AvgIpc) is 3.34. The number of morpholine rings is 1. The van der Waals surface area contributed by atoms with Crippen molar-refractivity contribution < 1.29 is 14.3 Å². The van der Waals surface area contributed by atoms with Crippen molar-refractivity contribution in [3.8, 4) is 5.88 Å². The van der Waals surface area contributed by atoms with Gasteiger partial charge in [0.05, 0.1) is 25.1 Å². The zero-order chi connectivity index (χ0) is 21.2. The highest BCUT2D eigenvalue weighted by Crippen LogP contribution is 2.32. The lowest BCUT2D eigenvalue weighted by Gasteiger charge is -2.30. The van der Waals surface area contributed by atoms with Crippen LogP contribution < -0.4 is 15.4 Å². The summed E-state index contributed by atoms with van der Waals surface area (Å²) < 4.78 is 13.8. The number of fused-ring (bicyclic) bond motifs is 1. The fourth-order valence-electron chi connectivity index (χ4n) is 4.38. The summed E-state index contributed by atoms with van der Waals surface area (Å²) >= 11 is 0. The maximum atomic E-state index is 12.1. The van der Waals surface area contributed by atoms with E-state index < -0.39 is 5.91 Å². The molecule has 162 valence electrons. The van der Waals surface area contributed by atoms with Gasteiger partial charge in [-0.2, -0.15) is 0 Å². The number of nitrogens with two attached hydrogens (primary N) is 1. The molecule has 2 aliphatic rings. The first-order chi connectivity index (χ1) is 15.2. The number of hydrogen-bond donors (Lipinski definition) is 1. The molecule has 3 aromatic heterocycles. The number of carbonyl (C=O) groups excluding carboxylic acids is 1. The van der Waals surface area contributed by atoms with Crippen molar-refractivity contribution in [1.29, 1.82) is 0 Å². The molecule has 1 amide bonds. The van der Waals surface area contributed by atoms with Gasteiger partial charge in [-0.25, -0.2) is 15.0 Å². The molecule has 1 aliphatic carbocycles. The van der Waals surface area contributed by atoms with Gasteiger partial charge in [-0.15, -0.1) is 0 Å². The molecule has 1 saturated heterocycles. The van der Waals surface area contributed by atoms with Crippen LogP contribution in [0.2, 0.25) is 0 Å². The fraction of sp³-hybridized carbons (Fsp3) is 0.455. The largest absolute Gasteiger partial charge is 0.474 e. The first kappa shape index (κ1) is 19.7. The first-order valence-corrected chi connectivity index (χ1v) is 10.7. The average molecular weight is 422 g/mol. The Hall–Kier alpha value is -3.20. The molecule has 2 fully saturated rings. The Bertz CT molecular complexity index is 1060. The second-order valence-electron chi connectivity index (χ2n) is 8.10. The number of nitrogens with zero attached hydrogens (tertiary/aromatic N) is 5. The lowest BCUT2D eigenvalue weighted by atomic mass is 9.93. The Morgan fingerprint density at radius 2 is 1.97 bits per heavy atom. The number of pyridine rings is 2. The van der Waals surface area contributed by atoms with Crippen LogP contribution in [-0.4, -0.2) is 57.8 Å². The summed E-state index contributed by atoms with van der Waals surface area (Å²) in [5.41, 5.74) is 6.67. The molecule has 0 spiro atoms. The highest BCUT2D eigenvalue weighted by atomic mass is 16.5. The van der Waals surface area contributed by atoms with Gasteiger partial charge in [0, 0.05) is 49.2 Å². The van der Waals surface area contributed by atoms with Crippen molar-refractivity contribution in [3.05, 3.63) is 42.6 Å². The smallest absolute Gasteiger partial charge is 0.254 e. The molecule has 2 N–H and O–H groups in total. The second-order valence-corrected chi connectivity index (χ2v) is 8.10. The third kappa shape index (κ3) is 4.18. The summed E-state index contributed by atoms with van der Waals surface area (Å²) in [7, 11) is 0. The van der Waals surface area contributed by atoms with E-state index in [0.717, 1.165) is 55.5 Å². The Kier molecular flexibility index (Phi) is 5.42. The Morgan fingerprint density at radius 3 is 2.68 bits per heavy atom. The van der Waals surface area contributed by atoms with Crippen LogP contribution in [0.4, 0.5) is 5.82 Å². The number of primary amides is 1. The molecule has 0 unspecified atom stereocenters. The summed E-state index contributed by atoms with van der Waals surface area (Å²) in [6.45, 7) is 2.95. The van der Waals surface area contributed by atoms with Gasteiger partial charge < -0.3 is 24.7 Å². The van der Waals surface area contributed by atoms with Crippen LogP contribution in [0.5, 0.6) is 5.88 Å². The van der Waals surface area contributed by atoms with Crippen LogP contribution in [0.3, 0.4) is 0 Å². The van der Waals surface area contributed by atoms with Crippen LogP contribution in [0.15, 0.2) is 37.1 Å². The monoisotopic (exact) mass is 422 g/mol. The van der Waals surface area contributed by atoms with Gasteiger partial charge in [-0.3, -0.25) is 4.79 Å². The van der Waals surface area contributed by atoms with Crippen molar-refractivity contribution in [2.24, 2.45) is 5.73 Å². The topological polar surface area (TPSA) is 108 Å². The molecule has 5 rings (SSSR count). The van der Waals surface area contributed by atoms with E-state index in [1.54, 1.807) is 18.5 Å². The molecule has 1 aliphatic heterocycles. The van der Waals surface area contributed by atoms with Gasteiger partial charge in [0.2, 0.25) is 5.88 Å². The molecule has 31 heavy (non-hydrogen) atoms. The van der Waals surface area contributed by atoms with Crippen LogP contribution in [-0.2, 0) is 4.74 Å². The zero-order valence-corrected chi connectivity index (χ0v) is 17.3. The van der Waals surface area contributed by atoms with E-state index >= 15 is 0 Å². The Labute approximate surface area is 180 Å². The number of aromatic nitrogens is 4. The molecule has 9 nitrogen and oxygen atoms in total. The van der Waals surface area contributed by atoms with E-state index in [9.17, 15) is 4.79 Å². The number of imidazole rings is 1. The van der Waals surface area contributed by atoms with Crippen molar-refractivity contribution in [2.45, 2.75) is 37.8 Å². The van der Waals surface area contributed by atoms with Crippen molar-refractivity contribution >= 4 is 22.6 Å². The summed E-state index contributed by atoms with van der Waals surface area (Å²) in [6, 6.07) is 4.10. The molecule has 0 aromatic carbocycles. The van der Waals surface area contributed by atoms with Gasteiger partial charge in [-0.1, -0.05) is 0 Å². The van der Waals surface area contributed by atoms with Gasteiger partial charge in [-0.05, 0) is 31.7 Å². The van der Waals surface area contributed by atoms with Gasteiger partial charge in [0.1, 0.15) is 17.5 Å². The number of amides is 1. The molecule has 0 radical (unpaired) electrons. The minimum Gasteiger partial charge on any atom is -0.474 e. The van der Waals surface area contributed by atoms with Gasteiger partial charge in [0.15, 0.2) is 0 Å². The third-order valence-electron chi connectivity index (χ3n) is 6.12. The molecule has 1 saturated carbocycles. The lowest BCUT2D eigenvalue weighted by Crippen LogP contribution is -2.36. The summed E-state index contributed by atoms with van der Waals surface area (Å²) in [4.78, 5) is 27.6. The van der Waals surface area contributed by atoms with Crippen LogP contribution >= 0.6 is 0 Å². The molecule has 0 bridgehead atoms. The van der Waals surface area contributed by atoms with E-state index in [-0.39, 0.29) is 6.10 Å². The normalized spacial score (nSPS) is 21.9. The summed E-state index contributed by atoms with van der Waals surface area (Å²) in [5, 5.41) is 0.766.